The molecule has 4 aromatic rings. The molecule has 1 aromatic carbocycles. The largest absolute Gasteiger partial charge is 0.467 e. The molecule has 0 N–H and O–H groups in total. The van der Waals surface area contributed by atoms with Crippen LogP contribution in [0.15, 0.2) is 70.2 Å². The van der Waals surface area contributed by atoms with Crippen molar-refractivity contribution < 1.29 is 13.6 Å². The summed E-state index contributed by atoms with van der Waals surface area (Å²) in [4.78, 5) is 18.5. The van der Waals surface area contributed by atoms with Crippen molar-refractivity contribution in [2.24, 2.45) is 0 Å². The Balaban J connectivity index is 1.57. The average Bonchev–Trinajstić information content (AvgIpc) is 3.35. The fourth-order valence-electron chi connectivity index (χ4n) is 2.94. The summed E-state index contributed by atoms with van der Waals surface area (Å²) in [6.07, 6.45) is 6.67. The van der Waals surface area contributed by atoms with E-state index in [4.69, 9.17) is 8.83 Å². The number of furan rings is 2. The number of aromatic nitrogens is 2. The van der Waals surface area contributed by atoms with Crippen molar-refractivity contribution in [1.82, 2.24) is 14.5 Å². The zero-order valence-corrected chi connectivity index (χ0v) is 14.5. The van der Waals surface area contributed by atoms with Crippen molar-refractivity contribution in [3.63, 3.8) is 0 Å². The van der Waals surface area contributed by atoms with Crippen molar-refractivity contribution in [2.75, 3.05) is 0 Å². The van der Waals surface area contributed by atoms with Gasteiger partial charge in [0.15, 0.2) is 0 Å². The van der Waals surface area contributed by atoms with Crippen LogP contribution in [0.25, 0.3) is 11.0 Å². The first-order chi connectivity index (χ1) is 12.7. The summed E-state index contributed by atoms with van der Waals surface area (Å²) in [5.41, 5.74) is 2.00. The van der Waals surface area contributed by atoms with Crippen LogP contribution in [0.1, 0.15) is 17.1 Å². The number of carbonyl (C=O) groups excluding carboxylic acids is 1. The molecule has 0 aliphatic carbocycles. The number of aryl methyl sites for hydroxylation is 1. The van der Waals surface area contributed by atoms with E-state index in [0.717, 1.165) is 22.5 Å². The third-order valence-electron chi connectivity index (χ3n) is 4.23. The van der Waals surface area contributed by atoms with Gasteiger partial charge < -0.3 is 18.3 Å². The quantitative estimate of drug-likeness (QED) is 0.532. The van der Waals surface area contributed by atoms with Crippen LogP contribution >= 0.6 is 0 Å². The van der Waals surface area contributed by atoms with Gasteiger partial charge in [-0.25, -0.2) is 4.98 Å². The summed E-state index contributed by atoms with van der Waals surface area (Å²) in [5, 5.41) is 1.04. The van der Waals surface area contributed by atoms with Gasteiger partial charge in [0.05, 0.1) is 25.7 Å². The molecule has 0 unspecified atom stereocenters. The van der Waals surface area contributed by atoms with Crippen molar-refractivity contribution >= 4 is 16.9 Å². The van der Waals surface area contributed by atoms with Gasteiger partial charge in [-0.3, -0.25) is 4.79 Å². The van der Waals surface area contributed by atoms with E-state index in [1.165, 1.54) is 5.56 Å². The number of hydrogen-bond donors (Lipinski definition) is 0. The Bertz CT molecular complexity index is 1000. The lowest BCUT2D eigenvalue weighted by Gasteiger charge is -2.20. The van der Waals surface area contributed by atoms with E-state index < -0.39 is 0 Å². The van der Waals surface area contributed by atoms with E-state index in [1.54, 1.807) is 34.5 Å². The van der Waals surface area contributed by atoms with E-state index in [9.17, 15) is 4.79 Å². The summed E-state index contributed by atoms with van der Waals surface area (Å²) >= 11 is 0. The van der Waals surface area contributed by atoms with Crippen LogP contribution in [-0.4, -0.2) is 20.4 Å². The van der Waals surface area contributed by atoms with Crippen molar-refractivity contribution in [3.8, 4) is 0 Å². The van der Waals surface area contributed by atoms with Gasteiger partial charge >= 0.3 is 0 Å². The van der Waals surface area contributed by atoms with Gasteiger partial charge in [0.25, 0.3) is 0 Å². The SMILES string of the molecule is Cc1ccc2oc(CN(Cc3ccco3)C(=O)Cn3ccnc3)cc2c1. The lowest BCUT2D eigenvalue weighted by molar-refractivity contribution is -0.133. The van der Waals surface area contributed by atoms with E-state index in [1.807, 2.05) is 37.3 Å². The fraction of sp³-hybridized carbons (Fsp3) is 0.200. The van der Waals surface area contributed by atoms with Crippen LogP contribution in [0.5, 0.6) is 0 Å². The first-order valence-electron chi connectivity index (χ1n) is 8.42. The Hall–Kier alpha value is -3.28. The lowest BCUT2D eigenvalue weighted by Crippen LogP contribution is -2.32. The molecular weight excluding hydrogens is 330 g/mol. The molecule has 0 aliphatic rings. The number of amides is 1. The zero-order chi connectivity index (χ0) is 17.9. The highest BCUT2D eigenvalue weighted by atomic mass is 16.3. The predicted molar refractivity (Wildman–Crippen MR) is 96.1 cm³/mol. The van der Waals surface area contributed by atoms with E-state index in [-0.39, 0.29) is 12.5 Å². The summed E-state index contributed by atoms with van der Waals surface area (Å²) < 4.78 is 13.1. The van der Waals surface area contributed by atoms with Crippen molar-refractivity contribution in [1.29, 1.82) is 0 Å². The van der Waals surface area contributed by atoms with Gasteiger partial charge in [0, 0.05) is 17.8 Å². The molecule has 0 saturated heterocycles. The number of hydrogen-bond acceptors (Lipinski definition) is 4. The Labute approximate surface area is 150 Å². The molecule has 0 spiro atoms. The second kappa shape index (κ2) is 6.92. The Morgan fingerprint density at radius 2 is 2.08 bits per heavy atom. The van der Waals surface area contributed by atoms with Gasteiger partial charge in [-0.2, -0.15) is 0 Å². The van der Waals surface area contributed by atoms with Crippen LogP contribution in [0.4, 0.5) is 0 Å². The number of fused-ring (bicyclic) bond motifs is 1. The topological polar surface area (TPSA) is 64.4 Å². The molecule has 0 radical (unpaired) electrons. The summed E-state index contributed by atoms with van der Waals surface area (Å²) in [5.74, 6) is 1.45. The van der Waals surface area contributed by atoms with Crippen LogP contribution < -0.4 is 0 Å². The molecule has 6 nitrogen and oxygen atoms in total. The molecule has 0 atom stereocenters. The molecule has 26 heavy (non-hydrogen) atoms. The van der Waals surface area contributed by atoms with Gasteiger partial charge in [-0.15, -0.1) is 0 Å². The minimum Gasteiger partial charge on any atom is -0.467 e. The predicted octanol–water partition coefficient (Wildman–Crippen LogP) is 3.76. The maximum absolute atomic E-state index is 12.8. The number of rotatable bonds is 6. The molecule has 3 heterocycles. The van der Waals surface area contributed by atoms with E-state index >= 15 is 0 Å². The van der Waals surface area contributed by atoms with Crippen molar-refractivity contribution in [2.45, 2.75) is 26.6 Å². The second-order valence-corrected chi connectivity index (χ2v) is 6.32. The minimum absolute atomic E-state index is 0.0314. The number of nitrogens with zero attached hydrogens (tertiary/aromatic N) is 3. The Morgan fingerprint density at radius 1 is 1.19 bits per heavy atom. The molecule has 0 fully saturated rings. The molecule has 132 valence electrons. The summed E-state index contributed by atoms with van der Waals surface area (Å²) in [7, 11) is 0. The molecule has 0 aliphatic heterocycles. The van der Waals surface area contributed by atoms with E-state index in [0.29, 0.717) is 13.1 Å². The highest BCUT2D eigenvalue weighted by Gasteiger charge is 2.18. The average molecular weight is 349 g/mol. The first-order valence-corrected chi connectivity index (χ1v) is 8.42. The molecule has 3 aromatic heterocycles. The highest BCUT2D eigenvalue weighted by molar-refractivity contribution is 5.79. The minimum atomic E-state index is -0.0314. The van der Waals surface area contributed by atoms with Gasteiger partial charge in [-0.1, -0.05) is 11.6 Å². The van der Waals surface area contributed by atoms with Crippen LogP contribution in [0.2, 0.25) is 0 Å². The number of carbonyl (C=O) groups is 1. The van der Waals surface area contributed by atoms with Crippen LogP contribution in [-0.2, 0) is 24.4 Å². The van der Waals surface area contributed by atoms with Gasteiger partial charge in [0.1, 0.15) is 23.6 Å². The zero-order valence-electron chi connectivity index (χ0n) is 14.5. The number of benzene rings is 1. The molecule has 0 bridgehead atoms. The first kappa shape index (κ1) is 16.2. The maximum Gasteiger partial charge on any atom is 0.243 e. The third-order valence-corrected chi connectivity index (χ3v) is 4.23. The maximum atomic E-state index is 12.8. The molecule has 6 heteroatoms. The molecule has 0 saturated carbocycles. The molecule has 4 rings (SSSR count). The molecular formula is C20H19N3O3. The van der Waals surface area contributed by atoms with Gasteiger partial charge in [-0.05, 0) is 37.3 Å². The third kappa shape index (κ3) is 3.54. The normalized spacial score (nSPS) is 11.1. The van der Waals surface area contributed by atoms with Crippen LogP contribution in [0.3, 0.4) is 0 Å². The monoisotopic (exact) mass is 349 g/mol. The highest BCUT2D eigenvalue weighted by Crippen LogP contribution is 2.22. The Morgan fingerprint density at radius 3 is 2.85 bits per heavy atom. The van der Waals surface area contributed by atoms with Gasteiger partial charge in [0.2, 0.25) is 5.91 Å². The van der Waals surface area contributed by atoms with Crippen LogP contribution in [0, 0.1) is 6.92 Å². The van der Waals surface area contributed by atoms with E-state index in [2.05, 4.69) is 11.1 Å². The summed E-state index contributed by atoms with van der Waals surface area (Å²) in [6.45, 7) is 3.03. The second-order valence-electron chi connectivity index (χ2n) is 6.32. The number of imidazole rings is 1. The van der Waals surface area contributed by atoms with Crippen molar-refractivity contribution in [3.05, 3.63) is 78.5 Å². The lowest BCUT2D eigenvalue weighted by atomic mass is 10.2. The summed E-state index contributed by atoms with van der Waals surface area (Å²) in [6, 6.07) is 11.7. The molecule has 1 amide bonds. The standard InChI is InChI=1S/C20H19N3O3/c1-15-4-5-19-16(9-15)10-18(26-19)12-23(11-17-3-2-8-25-17)20(24)13-22-7-6-21-14-22/h2-10,14H,11-13H2,1H3. The fourth-order valence-corrected chi connectivity index (χ4v) is 2.94. The smallest absolute Gasteiger partial charge is 0.243 e. The Kier molecular flexibility index (Phi) is 4.31.